The average molecular weight is 406 g/mol. The monoisotopic (exact) mass is 405 g/mol. The van der Waals surface area contributed by atoms with Crippen LogP contribution >= 0.6 is 11.6 Å². The first-order valence-corrected chi connectivity index (χ1v) is 9.76. The molecule has 1 aliphatic rings. The number of cyclic esters (lactones) is 1. The normalized spacial score (nSPS) is 15.4. The molecule has 0 spiro atoms. The summed E-state index contributed by atoms with van der Waals surface area (Å²) in [6.45, 7) is 4.03. The quantitative estimate of drug-likeness (QED) is 0.572. The lowest BCUT2D eigenvalue weighted by atomic mass is 9.93. The number of benzene rings is 3. The van der Waals surface area contributed by atoms with Crippen LogP contribution in [-0.4, -0.2) is 11.9 Å². The van der Waals surface area contributed by atoms with Gasteiger partial charge in [0.15, 0.2) is 0 Å². The van der Waals surface area contributed by atoms with Crippen molar-refractivity contribution in [3.63, 3.8) is 0 Å². The molecule has 146 valence electrons. The number of esters is 1. The van der Waals surface area contributed by atoms with Gasteiger partial charge < -0.3 is 10.1 Å². The number of carbonyl (C=O) groups excluding carboxylic acids is 2. The zero-order chi connectivity index (χ0) is 20.5. The first-order chi connectivity index (χ1) is 13.9. The molecule has 4 nitrogen and oxygen atoms in total. The Bertz CT molecular complexity index is 1110. The Hall–Kier alpha value is -3.11. The van der Waals surface area contributed by atoms with E-state index in [2.05, 4.69) is 5.32 Å². The van der Waals surface area contributed by atoms with Gasteiger partial charge in [0.25, 0.3) is 5.91 Å². The van der Waals surface area contributed by atoms with Crippen LogP contribution in [0.4, 0.5) is 5.69 Å². The molecule has 4 rings (SSSR count). The highest BCUT2D eigenvalue weighted by atomic mass is 35.5. The third-order valence-electron chi connectivity index (χ3n) is 5.25. The zero-order valence-electron chi connectivity index (χ0n) is 16.2. The van der Waals surface area contributed by atoms with Crippen LogP contribution in [0.15, 0.2) is 60.7 Å². The van der Waals surface area contributed by atoms with Gasteiger partial charge in [0.1, 0.15) is 6.10 Å². The topological polar surface area (TPSA) is 55.4 Å². The van der Waals surface area contributed by atoms with Crippen LogP contribution in [0.2, 0.25) is 5.02 Å². The number of carbonyl (C=O) groups is 2. The molecule has 5 heteroatoms. The smallest absolute Gasteiger partial charge is 0.339 e. The number of hydrogen-bond donors (Lipinski definition) is 1. The van der Waals surface area contributed by atoms with Crippen molar-refractivity contribution >= 4 is 29.2 Å². The number of rotatable bonds is 3. The number of anilines is 1. The van der Waals surface area contributed by atoms with Gasteiger partial charge in [-0.3, -0.25) is 4.79 Å². The van der Waals surface area contributed by atoms with Crippen molar-refractivity contribution in [1.29, 1.82) is 0 Å². The van der Waals surface area contributed by atoms with Crippen LogP contribution in [-0.2, 0) is 11.2 Å². The Balaban J connectivity index is 1.58. The second-order valence-corrected chi connectivity index (χ2v) is 7.71. The highest BCUT2D eigenvalue weighted by molar-refractivity contribution is 6.30. The van der Waals surface area contributed by atoms with Crippen molar-refractivity contribution in [2.24, 2.45) is 0 Å². The largest absolute Gasteiger partial charge is 0.454 e. The van der Waals surface area contributed by atoms with E-state index in [1.807, 2.05) is 44.2 Å². The Morgan fingerprint density at radius 2 is 1.76 bits per heavy atom. The fraction of sp³-hybridized carbons (Fsp3) is 0.167. The summed E-state index contributed by atoms with van der Waals surface area (Å²) in [4.78, 5) is 25.2. The molecule has 0 radical (unpaired) electrons. The van der Waals surface area contributed by atoms with Gasteiger partial charge >= 0.3 is 5.97 Å². The lowest BCUT2D eigenvalue weighted by Crippen LogP contribution is -2.23. The summed E-state index contributed by atoms with van der Waals surface area (Å²) in [5.41, 5.74) is 5.70. The van der Waals surface area contributed by atoms with Crippen LogP contribution < -0.4 is 5.32 Å². The zero-order valence-corrected chi connectivity index (χ0v) is 16.9. The minimum atomic E-state index is -0.398. The molecule has 0 aliphatic carbocycles. The number of hydrogen-bond acceptors (Lipinski definition) is 3. The predicted octanol–water partition coefficient (Wildman–Crippen LogP) is 5.66. The summed E-state index contributed by atoms with van der Waals surface area (Å²) in [5, 5.41) is 3.55. The average Bonchev–Trinajstić information content (AvgIpc) is 2.71. The summed E-state index contributed by atoms with van der Waals surface area (Å²) in [7, 11) is 0. The van der Waals surface area contributed by atoms with Gasteiger partial charge in [-0.15, -0.1) is 0 Å². The van der Waals surface area contributed by atoms with Crippen LogP contribution in [0.1, 0.15) is 49.1 Å². The van der Waals surface area contributed by atoms with Crippen LogP contribution in [0.3, 0.4) is 0 Å². The van der Waals surface area contributed by atoms with E-state index >= 15 is 0 Å². The van der Waals surface area contributed by atoms with Crippen molar-refractivity contribution in [3.8, 4) is 0 Å². The van der Waals surface area contributed by atoms with Gasteiger partial charge in [-0.05, 0) is 78.6 Å². The fourth-order valence-electron chi connectivity index (χ4n) is 3.42. The van der Waals surface area contributed by atoms with E-state index in [1.165, 1.54) is 5.56 Å². The molecule has 0 fully saturated rings. The maximum atomic E-state index is 12.7. The molecule has 3 aromatic carbocycles. The summed E-state index contributed by atoms with van der Waals surface area (Å²) in [5.74, 6) is -0.592. The van der Waals surface area contributed by atoms with Gasteiger partial charge in [0.05, 0.1) is 5.56 Å². The molecule has 0 aromatic heterocycles. The van der Waals surface area contributed by atoms with Crippen LogP contribution in [0, 0.1) is 13.8 Å². The Kier molecular flexibility index (Phi) is 5.12. The van der Waals surface area contributed by atoms with Gasteiger partial charge in [-0.1, -0.05) is 29.8 Å². The number of nitrogens with one attached hydrogen (secondary N) is 1. The van der Waals surface area contributed by atoms with Crippen LogP contribution in [0.5, 0.6) is 0 Å². The number of fused-ring (bicyclic) bond motifs is 1. The molecule has 1 N–H and O–H groups in total. The van der Waals surface area contributed by atoms with E-state index in [0.29, 0.717) is 22.6 Å². The molecule has 1 atom stereocenters. The third-order valence-corrected chi connectivity index (χ3v) is 5.50. The number of aryl methyl sites for hydroxylation is 2. The summed E-state index contributed by atoms with van der Waals surface area (Å²) < 4.78 is 5.58. The molecular formula is C24H20ClNO3. The lowest BCUT2D eigenvalue weighted by Gasteiger charge is -2.25. The SMILES string of the molecule is Cc1ccc(NC(=O)c2ccc3c(c2)CC(c2ccc(Cl)cc2)OC3=O)cc1C. The van der Waals surface area contributed by atoms with Crippen molar-refractivity contribution in [3.05, 3.63) is 99.1 Å². The first-order valence-electron chi connectivity index (χ1n) is 9.38. The van der Waals surface area contributed by atoms with Gasteiger partial charge in [0.2, 0.25) is 0 Å². The third kappa shape index (κ3) is 4.03. The Labute approximate surface area is 174 Å². The molecule has 1 heterocycles. The second kappa shape index (κ2) is 7.72. The van der Waals surface area contributed by atoms with Crippen molar-refractivity contribution in [2.45, 2.75) is 26.4 Å². The lowest BCUT2D eigenvalue weighted by molar-refractivity contribution is 0.0252. The molecule has 1 unspecified atom stereocenters. The van der Waals surface area contributed by atoms with E-state index in [-0.39, 0.29) is 11.9 Å². The Morgan fingerprint density at radius 1 is 1.00 bits per heavy atom. The van der Waals surface area contributed by atoms with E-state index in [9.17, 15) is 9.59 Å². The maximum Gasteiger partial charge on any atom is 0.339 e. The van der Waals surface area contributed by atoms with Crippen molar-refractivity contribution < 1.29 is 14.3 Å². The fourth-order valence-corrected chi connectivity index (χ4v) is 3.55. The summed E-state index contributed by atoms with van der Waals surface area (Å²) >= 11 is 5.95. The molecule has 0 bridgehead atoms. The highest BCUT2D eigenvalue weighted by Crippen LogP contribution is 2.32. The molecule has 29 heavy (non-hydrogen) atoms. The summed E-state index contributed by atoms with van der Waals surface area (Å²) in [6, 6.07) is 18.1. The van der Waals surface area contributed by atoms with Gasteiger partial charge in [0, 0.05) is 22.7 Å². The van der Waals surface area contributed by atoms with E-state index in [4.69, 9.17) is 16.3 Å². The van der Waals surface area contributed by atoms with Crippen molar-refractivity contribution in [1.82, 2.24) is 0 Å². The van der Waals surface area contributed by atoms with Gasteiger partial charge in [-0.2, -0.15) is 0 Å². The minimum Gasteiger partial charge on any atom is -0.454 e. The molecule has 0 saturated carbocycles. The standard InChI is InChI=1S/C24H20ClNO3/c1-14-3-9-20(11-15(14)2)26-23(27)17-6-10-21-18(12-17)13-22(29-24(21)28)16-4-7-19(25)8-5-16/h3-12,22H,13H2,1-2H3,(H,26,27). The first kappa shape index (κ1) is 19.2. The number of amides is 1. The number of ether oxygens (including phenoxy) is 1. The molecule has 1 amide bonds. The molecule has 3 aromatic rings. The predicted molar refractivity (Wildman–Crippen MR) is 114 cm³/mol. The molecular weight excluding hydrogens is 386 g/mol. The van der Waals surface area contributed by atoms with E-state index in [1.54, 1.807) is 30.3 Å². The van der Waals surface area contributed by atoms with Gasteiger partial charge in [-0.25, -0.2) is 4.79 Å². The number of halogens is 1. The maximum absolute atomic E-state index is 12.7. The minimum absolute atomic E-state index is 0.210. The van der Waals surface area contributed by atoms with E-state index < -0.39 is 6.10 Å². The Morgan fingerprint density at radius 3 is 2.48 bits per heavy atom. The summed E-state index contributed by atoms with van der Waals surface area (Å²) in [6.07, 6.45) is 0.110. The molecule has 1 aliphatic heterocycles. The second-order valence-electron chi connectivity index (χ2n) is 7.27. The molecule has 0 saturated heterocycles. The van der Waals surface area contributed by atoms with E-state index in [0.717, 1.165) is 22.4 Å². The highest BCUT2D eigenvalue weighted by Gasteiger charge is 2.28. The van der Waals surface area contributed by atoms with Crippen LogP contribution in [0.25, 0.3) is 0 Å². The van der Waals surface area contributed by atoms with Crippen molar-refractivity contribution in [2.75, 3.05) is 5.32 Å².